The van der Waals surface area contributed by atoms with E-state index in [2.05, 4.69) is 75.8 Å². The van der Waals surface area contributed by atoms with Crippen LogP contribution < -0.4 is 5.32 Å². The zero-order valence-corrected chi connectivity index (χ0v) is 18.5. The Balaban J connectivity index is 1.48. The summed E-state index contributed by atoms with van der Waals surface area (Å²) in [5, 5.41) is 2.85. The molecule has 0 spiro atoms. The number of nitrogens with one attached hydrogen (secondary N) is 1. The van der Waals surface area contributed by atoms with Gasteiger partial charge < -0.3 is 15.0 Å². The summed E-state index contributed by atoms with van der Waals surface area (Å²) in [6.07, 6.45) is 0.598. The third kappa shape index (κ3) is 6.85. The molecule has 0 aliphatic carbocycles. The molecule has 1 aliphatic rings. The molecule has 0 bridgehead atoms. The average Bonchev–Trinajstić information content (AvgIpc) is 2.73. The number of ether oxygens (including phenoxy) is 1. The van der Waals surface area contributed by atoms with E-state index in [9.17, 15) is 4.79 Å². The van der Waals surface area contributed by atoms with Crippen LogP contribution in [-0.2, 0) is 4.74 Å². The molecule has 162 valence electrons. The van der Waals surface area contributed by atoms with Gasteiger partial charge in [-0.25, -0.2) is 4.79 Å². The van der Waals surface area contributed by atoms with Crippen molar-refractivity contribution in [2.24, 2.45) is 0 Å². The zero-order valence-electron chi connectivity index (χ0n) is 18.5. The molecule has 1 saturated heterocycles. The van der Waals surface area contributed by atoms with Gasteiger partial charge in [-0.2, -0.15) is 0 Å². The third-order valence-corrected chi connectivity index (χ3v) is 5.32. The Kier molecular flexibility index (Phi) is 7.88. The molecular formula is C25H35N3O2. The van der Waals surface area contributed by atoms with Crippen LogP contribution in [0.25, 0.3) is 0 Å². The SMILES string of the molecule is CC(C)(C)OC(=O)NCCCN1CCN(C(c2ccccc2)c2ccccc2)CC1. The van der Waals surface area contributed by atoms with Gasteiger partial charge in [0.25, 0.3) is 0 Å². The van der Waals surface area contributed by atoms with E-state index in [-0.39, 0.29) is 6.09 Å². The molecule has 0 atom stereocenters. The molecule has 1 heterocycles. The van der Waals surface area contributed by atoms with Gasteiger partial charge in [0.1, 0.15) is 5.60 Å². The Labute approximate surface area is 181 Å². The standard InChI is InChI=1S/C25H35N3O2/c1-25(2,3)30-24(29)26-15-10-16-27-17-19-28(20-18-27)23(21-11-6-4-7-12-21)22-13-8-5-9-14-22/h4-9,11-14,23H,10,15-20H2,1-3H3,(H,26,29). The maximum absolute atomic E-state index is 11.7. The Morgan fingerprint density at radius 3 is 1.97 bits per heavy atom. The van der Waals surface area contributed by atoms with Crippen LogP contribution in [0.4, 0.5) is 4.79 Å². The number of rotatable bonds is 7. The van der Waals surface area contributed by atoms with Crippen LogP contribution in [0.5, 0.6) is 0 Å². The highest BCUT2D eigenvalue weighted by molar-refractivity contribution is 5.67. The molecule has 1 aliphatic heterocycles. The molecule has 1 fully saturated rings. The summed E-state index contributed by atoms with van der Waals surface area (Å²) in [4.78, 5) is 16.8. The van der Waals surface area contributed by atoms with Crippen molar-refractivity contribution >= 4 is 6.09 Å². The highest BCUT2D eigenvalue weighted by atomic mass is 16.6. The highest BCUT2D eigenvalue weighted by Gasteiger charge is 2.26. The summed E-state index contributed by atoms with van der Waals surface area (Å²) < 4.78 is 5.28. The number of carbonyl (C=O) groups excluding carboxylic acids is 1. The molecule has 5 heteroatoms. The second-order valence-corrected chi connectivity index (χ2v) is 8.88. The lowest BCUT2D eigenvalue weighted by molar-refractivity contribution is 0.0523. The quantitative estimate of drug-likeness (QED) is 0.692. The Morgan fingerprint density at radius 1 is 0.933 bits per heavy atom. The summed E-state index contributed by atoms with van der Waals surface area (Å²) >= 11 is 0. The van der Waals surface area contributed by atoms with Crippen molar-refractivity contribution in [3.05, 3.63) is 71.8 Å². The van der Waals surface area contributed by atoms with Crippen molar-refractivity contribution in [1.29, 1.82) is 0 Å². The molecule has 3 rings (SSSR count). The van der Waals surface area contributed by atoms with Gasteiger partial charge in [0, 0.05) is 32.7 Å². The molecule has 0 unspecified atom stereocenters. The lowest BCUT2D eigenvalue weighted by atomic mass is 9.96. The smallest absolute Gasteiger partial charge is 0.407 e. The number of benzene rings is 2. The van der Waals surface area contributed by atoms with Crippen LogP contribution in [0.1, 0.15) is 44.4 Å². The minimum atomic E-state index is -0.450. The van der Waals surface area contributed by atoms with E-state index >= 15 is 0 Å². The van der Waals surface area contributed by atoms with Crippen LogP contribution in [0.2, 0.25) is 0 Å². The fraction of sp³-hybridized carbons (Fsp3) is 0.480. The van der Waals surface area contributed by atoms with Crippen molar-refractivity contribution < 1.29 is 9.53 Å². The van der Waals surface area contributed by atoms with Crippen LogP contribution in [-0.4, -0.2) is 60.8 Å². The minimum absolute atomic E-state index is 0.295. The number of hydrogen-bond acceptors (Lipinski definition) is 4. The molecule has 0 saturated carbocycles. The van der Waals surface area contributed by atoms with Gasteiger partial charge in [0.15, 0.2) is 0 Å². The largest absolute Gasteiger partial charge is 0.444 e. The second kappa shape index (κ2) is 10.6. The molecule has 1 N–H and O–H groups in total. The normalized spacial score (nSPS) is 15.9. The summed E-state index contributed by atoms with van der Waals surface area (Å²) in [5.41, 5.74) is 2.24. The van der Waals surface area contributed by atoms with Crippen molar-refractivity contribution in [1.82, 2.24) is 15.1 Å². The van der Waals surface area contributed by atoms with Crippen molar-refractivity contribution in [3.8, 4) is 0 Å². The molecular weight excluding hydrogens is 374 g/mol. The van der Waals surface area contributed by atoms with E-state index in [0.717, 1.165) is 39.1 Å². The number of piperazine rings is 1. The minimum Gasteiger partial charge on any atom is -0.444 e. The first-order chi connectivity index (χ1) is 14.4. The molecule has 1 amide bonds. The van der Waals surface area contributed by atoms with Gasteiger partial charge in [0.05, 0.1) is 6.04 Å². The fourth-order valence-corrected chi connectivity index (χ4v) is 3.94. The molecule has 0 aromatic heterocycles. The first kappa shape index (κ1) is 22.3. The number of alkyl carbamates (subject to hydrolysis) is 1. The topological polar surface area (TPSA) is 44.8 Å². The lowest BCUT2D eigenvalue weighted by Gasteiger charge is -2.39. The maximum atomic E-state index is 11.7. The van der Waals surface area contributed by atoms with Gasteiger partial charge in [-0.3, -0.25) is 4.90 Å². The first-order valence-electron chi connectivity index (χ1n) is 11.0. The molecule has 5 nitrogen and oxygen atoms in total. The molecule has 2 aromatic carbocycles. The number of carbonyl (C=O) groups is 1. The molecule has 30 heavy (non-hydrogen) atoms. The summed E-state index contributed by atoms with van der Waals surface area (Å²) in [5.74, 6) is 0. The van der Waals surface area contributed by atoms with E-state index in [0.29, 0.717) is 12.6 Å². The Morgan fingerprint density at radius 2 is 1.47 bits per heavy atom. The van der Waals surface area contributed by atoms with Crippen molar-refractivity contribution in [2.75, 3.05) is 39.3 Å². The van der Waals surface area contributed by atoms with E-state index < -0.39 is 5.60 Å². The predicted molar refractivity (Wildman–Crippen MR) is 122 cm³/mol. The van der Waals surface area contributed by atoms with Crippen LogP contribution in [0, 0.1) is 0 Å². The van der Waals surface area contributed by atoms with Crippen LogP contribution >= 0.6 is 0 Å². The molecule has 2 aromatic rings. The molecule has 0 radical (unpaired) electrons. The van der Waals surface area contributed by atoms with Crippen molar-refractivity contribution in [3.63, 3.8) is 0 Å². The zero-order chi connectivity index (χ0) is 21.4. The number of amides is 1. The first-order valence-corrected chi connectivity index (χ1v) is 11.0. The predicted octanol–water partition coefficient (Wildman–Crippen LogP) is 4.31. The van der Waals surface area contributed by atoms with E-state index in [1.165, 1.54) is 11.1 Å². The van der Waals surface area contributed by atoms with Gasteiger partial charge in [-0.15, -0.1) is 0 Å². The van der Waals surface area contributed by atoms with Gasteiger partial charge in [0.2, 0.25) is 0 Å². The van der Waals surface area contributed by atoms with E-state index in [1.807, 2.05) is 20.8 Å². The van der Waals surface area contributed by atoms with Gasteiger partial charge in [-0.05, 0) is 44.9 Å². The van der Waals surface area contributed by atoms with E-state index in [1.54, 1.807) is 0 Å². The van der Waals surface area contributed by atoms with Crippen molar-refractivity contribution in [2.45, 2.75) is 38.8 Å². The maximum Gasteiger partial charge on any atom is 0.407 e. The highest BCUT2D eigenvalue weighted by Crippen LogP contribution is 2.29. The lowest BCUT2D eigenvalue weighted by Crippen LogP contribution is -2.48. The number of nitrogens with zero attached hydrogens (tertiary/aromatic N) is 2. The van der Waals surface area contributed by atoms with Gasteiger partial charge in [-0.1, -0.05) is 60.7 Å². The summed E-state index contributed by atoms with van der Waals surface area (Å²) in [7, 11) is 0. The summed E-state index contributed by atoms with van der Waals surface area (Å²) in [6.45, 7) is 11.4. The van der Waals surface area contributed by atoms with E-state index in [4.69, 9.17) is 4.74 Å². The van der Waals surface area contributed by atoms with Gasteiger partial charge >= 0.3 is 6.09 Å². The fourth-order valence-electron chi connectivity index (χ4n) is 3.94. The van der Waals surface area contributed by atoms with Crippen LogP contribution in [0.15, 0.2) is 60.7 Å². The van der Waals surface area contributed by atoms with Crippen LogP contribution in [0.3, 0.4) is 0 Å². The Bertz CT molecular complexity index is 726. The monoisotopic (exact) mass is 409 g/mol. The summed E-state index contributed by atoms with van der Waals surface area (Å²) in [6, 6.07) is 21.9. The number of hydrogen-bond donors (Lipinski definition) is 1. The second-order valence-electron chi connectivity index (χ2n) is 8.88. The third-order valence-electron chi connectivity index (χ3n) is 5.32. The average molecular weight is 410 g/mol. The Hall–Kier alpha value is -2.37.